The molecule has 2 aromatic rings. The van der Waals surface area contributed by atoms with Gasteiger partial charge in [0.2, 0.25) is 0 Å². The van der Waals surface area contributed by atoms with E-state index in [1.807, 2.05) is 36.1 Å². The van der Waals surface area contributed by atoms with E-state index in [1.54, 1.807) is 0 Å². The summed E-state index contributed by atoms with van der Waals surface area (Å²) >= 11 is 0. The van der Waals surface area contributed by atoms with Crippen molar-refractivity contribution in [2.24, 2.45) is 0 Å². The number of likely N-dealkylation sites (tertiary alicyclic amines) is 1. The van der Waals surface area contributed by atoms with Gasteiger partial charge in [0, 0.05) is 36.7 Å². The molecule has 2 aliphatic rings. The summed E-state index contributed by atoms with van der Waals surface area (Å²) in [6.07, 6.45) is 4.58. The lowest BCUT2D eigenvalue weighted by Crippen LogP contribution is -2.43. The molecular weight excluding hydrogens is 316 g/mol. The number of benzene rings is 1. The van der Waals surface area contributed by atoms with Crippen LogP contribution in [0.2, 0.25) is 0 Å². The molecule has 0 spiro atoms. The topological polar surface area (TPSA) is 71.1 Å². The van der Waals surface area contributed by atoms with Crippen LogP contribution in [0.15, 0.2) is 24.3 Å². The number of nitrogens with zero attached hydrogens (tertiary/aromatic N) is 3. The number of carbonyl (C=O) groups is 1. The van der Waals surface area contributed by atoms with Crippen molar-refractivity contribution in [3.63, 3.8) is 0 Å². The van der Waals surface area contributed by atoms with Gasteiger partial charge in [0.15, 0.2) is 5.82 Å². The Labute approximate surface area is 147 Å². The number of aromatic nitrogens is 3. The van der Waals surface area contributed by atoms with Gasteiger partial charge in [-0.1, -0.05) is 12.1 Å². The molecule has 1 N–H and O–H groups in total. The monoisotopic (exact) mass is 340 g/mol. The minimum atomic E-state index is 0.0737. The molecule has 0 radical (unpaired) electrons. The standard InChI is InChI=1S/C19H24N4O2/c1-2-25-16-4-3-11-23(12-16)19(24)15-9-7-14(8-10-15)18-20-17(21-22-18)13-5-6-13/h7-10,13,16H,2-6,11-12H2,1H3,(H,20,21,22)/t16-/m1/s1. The summed E-state index contributed by atoms with van der Waals surface area (Å²) in [5, 5.41) is 7.32. The lowest BCUT2D eigenvalue weighted by molar-refractivity contribution is 0.00724. The zero-order chi connectivity index (χ0) is 17.2. The molecule has 0 bridgehead atoms. The van der Waals surface area contributed by atoms with Crippen molar-refractivity contribution in [3.8, 4) is 11.4 Å². The fourth-order valence-corrected chi connectivity index (χ4v) is 3.38. The summed E-state index contributed by atoms with van der Waals surface area (Å²) < 4.78 is 5.69. The average Bonchev–Trinajstić information content (AvgIpc) is 3.39. The first-order valence-corrected chi connectivity index (χ1v) is 9.18. The first-order chi connectivity index (χ1) is 12.2. The van der Waals surface area contributed by atoms with E-state index in [0.29, 0.717) is 30.5 Å². The maximum Gasteiger partial charge on any atom is 0.253 e. The van der Waals surface area contributed by atoms with Crippen LogP contribution in [0.1, 0.15) is 54.7 Å². The van der Waals surface area contributed by atoms with E-state index >= 15 is 0 Å². The van der Waals surface area contributed by atoms with Crippen LogP contribution in [0.25, 0.3) is 11.4 Å². The highest BCUT2D eigenvalue weighted by Gasteiger charge is 2.27. The molecule has 1 saturated carbocycles. The molecule has 1 aliphatic carbocycles. The third-order valence-electron chi connectivity index (χ3n) is 4.92. The number of H-pyrrole nitrogens is 1. The molecule has 1 saturated heterocycles. The highest BCUT2D eigenvalue weighted by molar-refractivity contribution is 5.94. The van der Waals surface area contributed by atoms with E-state index in [9.17, 15) is 4.79 Å². The van der Waals surface area contributed by atoms with Crippen LogP contribution in [-0.2, 0) is 4.74 Å². The summed E-state index contributed by atoms with van der Waals surface area (Å²) in [6, 6.07) is 7.60. The van der Waals surface area contributed by atoms with Gasteiger partial charge < -0.3 is 9.64 Å². The van der Waals surface area contributed by atoms with Crippen molar-refractivity contribution in [1.29, 1.82) is 0 Å². The number of hydrogen-bond donors (Lipinski definition) is 1. The number of ether oxygens (including phenoxy) is 1. The zero-order valence-corrected chi connectivity index (χ0v) is 14.6. The summed E-state index contributed by atoms with van der Waals surface area (Å²) in [7, 11) is 0. The Hall–Kier alpha value is -2.21. The summed E-state index contributed by atoms with van der Waals surface area (Å²) in [5.74, 6) is 2.31. The second-order valence-electron chi connectivity index (χ2n) is 6.87. The van der Waals surface area contributed by atoms with Crippen molar-refractivity contribution < 1.29 is 9.53 Å². The average molecular weight is 340 g/mol. The largest absolute Gasteiger partial charge is 0.377 e. The van der Waals surface area contributed by atoms with Gasteiger partial charge in [0.05, 0.1) is 6.10 Å². The maximum atomic E-state index is 12.7. The zero-order valence-electron chi connectivity index (χ0n) is 14.6. The number of carbonyl (C=O) groups excluding carboxylic acids is 1. The Bertz CT molecular complexity index is 734. The molecule has 6 nitrogen and oxygen atoms in total. The van der Waals surface area contributed by atoms with Crippen molar-refractivity contribution >= 4 is 5.91 Å². The van der Waals surface area contributed by atoms with Crippen LogP contribution in [0.3, 0.4) is 0 Å². The van der Waals surface area contributed by atoms with Crippen molar-refractivity contribution in [3.05, 3.63) is 35.7 Å². The van der Waals surface area contributed by atoms with Gasteiger partial charge in [0.1, 0.15) is 5.82 Å². The fourth-order valence-electron chi connectivity index (χ4n) is 3.38. The van der Waals surface area contributed by atoms with E-state index in [2.05, 4.69) is 15.2 Å². The second-order valence-corrected chi connectivity index (χ2v) is 6.87. The van der Waals surface area contributed by atoms with Gasteiger partial charge >= 0.3 is 0 Å². The number of amides is 1. The lowest BCUT2D eigenvalue weighted by Gasteiger charge is -2.32. The number of piperidine rings is 1. The van der Waals surface area contributed by atoms with E-state index < -0.39 is 0 Å². The second kappa shape index (κ2) is 6.96. The summed E-state index contributed by atoms with van der Waals surface area (Å²) in [5.41, 5.74) is 1.64. The molecular formula is C19H24N4O2. The van der Waals surface area contributed by atoms with Gasteiger partial charge in [-0.2, -0.15) is 5.10 Å². The highest BCUT2D eigenvalue weighted by atomic mass is 16.5. The molecule has 2 fully saturated rings. The number of nitrogens with one attached hydrogen (secondary N) is 1. The molecule has 1 aliphatic heterocycles. The smallest absolute Gasteiger partial charge is 0.253 e. The molecule has 1 aromatic carbocycles. The van der Waals surface area contributed by atoms with Crippen molar-refractivity contribution in [1.82, 2.24) is 20.1 Å². The Balaban J connectivity index is 1.44. The van der Waals surface area contributed by atoms with Gasteiger partial charge in [-0.05, 0) is 44.7 Å². The van der Waals surface area contributed by atoms with Crippen molar-refractivity contribution in [2.75, 3.05) is 19.7 Å². The molecule has 25 heavy (non-hydrogen) atoms. The van der Waals surface area contributed by atoms with Gasteiger partial charge in [0.25, 0.3) is 5.91 Å². The van der Waals surface area contributed by atoms with Crippen LogP contribution in [0.4, 0.5) is 0 Å². The minimum absolute atomic E-state index is 0.0737. The first-order valence-electron chi connectivity index (χ1n) is 9.18. The first kappa shape index (κ1) is 16.3. The molecule has 0 unspecified atom stereocenters. The van der Waals surface area contributed by atoms with Crippen LogP contribution in [0.5, 0.6) is 0 Å². The number of rotatable bonds is 5. The van der Waals surface area contributed by atoms with Crippen LogP contribution in [0, 0.1) is 0 Å². The van der Waals surface area contributed by atoms with Gasteiger partial charge in [-0.25, -0.2) is 4.98 Å². The quantitative estimate of drug-likeness (QED) is 0.908. The molecule has 1 amide bonds. The molecule has 2 heterocycles. The number of aromatic amines is 1. The molecule has 6 heteroatoms. The van der Waals surface area contributed by atoms with Crippen LogP contribution < -0.4 is 0 Å². The number of hydrogen-bond acceptors (Lipinski definition) is 4. The van der Waals surface area contributed by atoms with E-state index in [0.717, 1.165) is 30.8 Å². The Kier molecular flexibility index (Phi) is 4.53. The van der Waals surface area contributed by atoms with E-state index in [1.165, 1.54) is 12.8 Å². The molecule has 4 rings (SSSR count). The summed E-state index contributed by atoms with van der Waals surface area (Å²) in [4.78, 5) is 19.2. The minimum Gasteiger partial charge on any atom is -0.377 e. The maximum absolute atomic E-state index is 12.7. The normalized spacial score (nSPS) is 20.7. The predicted octanol–water partition coefficient (Wildman–Crippen LogP) is 2.99. The molecule has 1 aromatic heterocycles. The van der Waals surface area contributed by atoms with Crippen LogP contribution in [-0.4, -0.2) is 51.8 Å². The summed E-state index contributed by atoms with van der Waals surface area (Å²) in [6.45, 7) is 4.17. The Morgan fingerprint density at radius 3 is 2.80 bits per heavy atom. The third kappa shape index (κ3) is 3.58. The van der Waals surface area contributed by atoms with Crippen LogP contribution >= 0.6 is 0 Å². The third-order valence-corrected chi connectivity index (χ3v) is 4.92. The SMILES string of the molecule is CCO[C@@H]1CCCN(C(=O)c2ccc(-c3n[nH]c(C4CC4)n3)cc2)C1. The Morgan fingerprint density at radius 2 is 2.08 bits per heavy atom. The van der Waals surface area contributed by atoms with E-state index in [4.69, 9.17) is 4.74 Å². The van der Waals surface area contributed by atoms with E-state index in [-0.39, 0.29) is 12.0 Å². The van der Waals surface area contributed by atoms with Crippen molar-refractivity contribution in [2.45, 2.75) is 44.6 Å². The predicted molar refractivity (Wildman–Crippen MR) is 94.3 cm³/mol. The highest BCUT2D eigenvalue weighted by Crippen LogP contribution is 2.38. The molecule has 132 valence electrons. The fraction of sp³-hybridized carbons (Fsp3) is 0.526. The van der Waals surface area contributed by atoms with Gasteiger partial charge in [-0.15, -0.1) is 0 Å². The lowest BCUT2D eigenvalue weighted by atomic mass is 10.1. The Morgan fingerprint density at radius 1 is 1.28 bits per heavy atom. The molecule has 1 atom stereocenters. The van der Waals surface area contributed by atoms with Gasteiger partial charge in [-0.3, -0.25) is 9.89 Å².